The fourth-order valence-electron chi connectivity index (χ4n) is 2.55. The van der Waals surface area contributed by atoms with E-state index in [-0.39, 0.29) is 15.9 Å². The average Bonchev–Trinajstić information content (AvgIpc) is 2.40. The van der Waals surface area contributed by atoms with Crippen molar-refractivity contribution in [2.45, 2.75) is 44.6 Å². The molecule has 0 aliphatic heterocycles. The van der Waals surface area contributed by atoms with E-state index < -0.39 is 5.60 Å². The summed E-state index contributed by atoms with van der Waals surface area (Å²) < 4.78 is 5.91. The molecule has 0 atom stereocenters. The number of nitrogens with zero attached hydrogens (tertiary/aromatic N) is 2. The number of carbonyl (C=O) groups is 1. The topological polar surface area (TPSA) is 52.1 Å². The van der Waals surface area contributed by atoms with Gasteiger partial charge in [-0.3, -0.25) is 4.79 Å². The van der Waals surface area contributed by atoms with Crippen LogP contribution in [0.25, 0.3) is 0 Å². The zero-order valence-electron chi connectivity index (χ0n) is 10.8. The Kier molecular flexibility index (Phi) is 4.76. The van der Waals surface area contributed by atoms with Gasteiger partial charge in [0.15, 0.2) is 12.1 Å². The van der Waals surface area contributed by atoms with E-state index in [2.05, 4.69) is 9.97 Å². The highest BCUT2D eigenvalue weighted by Gasteiger charge is 2.38. The van der Waals surface area contributed by atoms with Crippen molar-refractivity contribution in [3.05, 3.63) is 21.7 Å². The van der Waals surface area contributed by atoms with Gasteiger partial charge in [-0.2, -0.15) is 0 Å². The van der Waals surface area contributed by atoms with E-state index >= 15 is 0 Å². The molecule has 19 heavy (non-hydrogen) atoms. The standard InChI is InChI=1S/C13H16Cl2N2O2/c1-2-19-13(6-4-3-5-7-13)12-16-10(14)9(8-18)11(15)17-12/h8H,2-7H2,1H3. The molecule has 1 aromatic heterocycles. The highest BCUT2D eigenvalue weighted by atomic mass is 35.5. The second-order valence-corrected chi connectivity index (χ2v) is 5.36. The van der Waals surface area contributed by atoms with Crippen molar-refractivity contribution in [1.82, 2.24) is 9.97 Å². The first-order chi connectivity index (χ1) is 9.13. The van der Waals surface area contributed by atoms with Crippen LogP contribution < -0.4 is 0 Å². The summed E-state index contributed by atoms with van der Waals surface area (Å²) in [4.78, 5) is 19.3. The number of hydrogen-bond acceptors (Lipinski definition) is 4. The van der Waals surface area contributed by atoms with Crippen LogP contribution in [0.3, 0.4) is 0 Å². The molecule has 0 radical (unpaired) electrons. The second kappa shape index (κ2) is 6.16. The molecule has 1 aromatic rings. The molecule has 0 amide bonds. The van der Waals surface area contributed by atoms with E-state index in [9.17, 15) is 4.79 Å². The highest BCUT2D eigenvalue weighted by Crippen LogP contribution is 2.40. The normalized spacial score (nSPS) is 18.3. The largest absolute Gasteiger partial charge is 0.367 e. The van der Waals surface area contributed by atoms with Gasteiger partial charge >= 0.3 is 0 Å². The molecule has 4 nitrogen and oxygen atoms in total. The van der Waals surface area contributed by atoms with Gasteiger partial charge in [-0.15, -0.1) is 0 Å². The van der Waals surface area contributed by atoms with Gasteiger partial charge in [-0.25, -0.2) is 9.97 Å². The summed E-state index contributed by atoms with van der Waals surface area (Å²) >= 11 is 12.0. The van der Waals surface area contributed by atoms with Crippen molar-refractivity contribution in [3.8, 4) is 0 Å². The van der Waals surface area contributed by atoms with Crippen LogP contribution >= 0.6 is 23.2 Å². The zero-order valence-corrected chi connectivity index (χ0v) is 12.3. The Morgan fingerprint density at radius 2 is 1.79 bits per heavy atom. The van der Waals surface area contributed by atoms with Crippen LogP contribution in [0.1, 0.15) is 55.2 Å². The average molecular weight is 303 g/mol. The van der Waals surface area contributed by atoms with Crippen molar-refractivity contribution < 1.29 is 9.53 Å². The Morgan fingerprint density at radius 3 is 2.26 bits per heavy atom. The monoisotopic (exact) mass is 302 g/mol. The molecule has 0 bridgehead atoms. The lowest BCUT2D eigenvalue weighted by atomic mass is 9.84. The minimum absolute atomic E-state index is 0.0923. The number of aldehydes is 1. The molecule has 0 unspecified atom stereocenters. The van der Waals surface area contributed by atoms with Crippen molar-refractivity contribution in [3.63, 3.8) is 0 Å². The van der Waals surface area contributed by atoms with Crippen LogP contribution in [0.5, 0.6) is 0 Å². The molecule has 2 rings (SSSR count). The van der Waals surface area contributed by atoms with Gasteiger partial charge in [0.2, 0.25) is 0 Å². The molecule has 1 saturated carbocycles. The Bertz CT molecular complexity index is 445. The van der Waals surface area contributed by atoms with Gasteiger partial charge in [-0.05, 0) is 19.8 Å². The predicted octanol–water partition coefficient (Wildman–Crippen LogP) is 3.79. The molecular formula is C13H16Cl2N2O2. The zero-order chi connectivity index (χ0) is 13.9. The third-order valence-electron chi connectivity index (χ3n) is 3.46. The lowest BCUT2D eigenvalue weighted by Gasteiger charge is -2.35. The smallest absolute Gasteiger partial charge is 0.163 e. The predicted molar refractivity (Wildman–Crippen MR) is 73.8 cm³/mol. The van der Waals surface area contributed by atoms with Gasteiger partial charge in [0.05, 0.1) is 5.56 Å². The molecule has 0 aromatic carbocycles. The molecule has 1 heterocycles. The molecular weight excluding hydrogens is 287 g/mol. The Morgan fingerprint density at radius 1 is 1.21 bits per heavy atom. The summed E-state index contributed by atoms with van der Waals surface area (Å²) in [6.45, 7) is 2.52. The molecule has 6 heteroatoms. The first kappa shape index (κ1) is 14.7. The van der Waals surface area contributed by atoms with Gasteiger partial charge in [0.25, 0.3) is 0 Å². The van der Waals surface area contributed by atoms with Crippen LogP contribution in [-0.4, -0.2) is 22.9 Å². The van der Waals surface area contributed by atoms with Gasteiger partial charge < -0.3 is 4.74 Å². The first-order valence-corrected chi connectivity index (χ1v) is 7.21. The summed E-state index contributed by atoms with van der Waals surface area (Å²) in [5, 5.41) is 0.185. The molecule has 1 aliphatic carbocycles. The lowest BCUT2D eigenvalue weighted by molar-refractivity contribution is -0.0767. The molecule has 0 saturated heterocycles. The van der Waals surface area contributed by atoms with E-state index in [1.807, 2.05) is 6.92 Å². The fourth-order valence-corrected chi connectivity index (χ4v) is 3.03. The van der Waals surface area contributed by atoms with Gasteiger partial charge in [0.1, 0.15) is 15.9 Å². The SMILES string of the molecule is CCOC1(c2nc(Cl)c(C=O)c(Cl)n2)CCCCC1. The van der Waals surface area contributed by atoms with Crippen LogP contribution in [-0.2, 0) is 10.3 Å². The fraction of sp³-hybridized carbons (Fsp3) is 0.615. The maximum Gasteiger partial charge on any atom is 0.163 e. The number of ether oxygens (including phenoxy) is 1. The van der Waals surface area contributed by atoms with Crippen molar-refractivity contribution in [1.29, 1.82) is 0 Å². The van der Waals surface area contributed by atoms with E-state index in [0.29, 0.717) is 18.7 Å². The first-order valence-electron chi connectivity index (χ1n) is 6.45. The minimum Gasteiger partial charge on any atom is -0.367 e. The van der Waals surface area contributed by atoms with Crippen molar-refractivity contribution in [2.75, 3.05) is 6.61 Å². The third kappa shape index (κ3) is 2.91. The maximum absolute atomic E-state index is 10.9. The van der Waals surface area contributed by atoms with Gasteiger partial charge in [-0.1, -0.05) is 42.5 Å². The lowest BCUT2D eigenvalue weighted by Crippen LogP contribution is -2.34. The summed E-state index contributed by atoms with van der Waals surface area (Å²) in [7, 11) is 0. The summed E-state index contributed by atoms with van der Waals surface area (Å²) in [5.41, 5.74) is -0.378. The van der Waals surface area contributed by atoms with Crippen LogP contribution in [0.4, 0.5) is 0 Å². The van der Waals surface area contributed by atoms with Gasteiger partial charge in [0, 0.05) is 6.61 Å². The van der Waals surface area contributed by atoms with Crippen molar-refractivity contribution >= 4 is 29.5 Å². The van der Waals surface area contributed by atoms with Crippen LogP contribution in [0.15, 0.2) is 0 Å². The minimum atomic E-state index is -0.512. The quantitative estimate of drug-likeness (QED) is 0.627. The Balaban J connectivity index is 2.45. The number of carbonyl (C=O) groups excluding carboxylic acids is 1. The number of hydrogen-bond donors (Lipinski definition) is 0. The number of rotatable bonds is 4. The van der Waals surface area contributed by atoms with E-state index in [4.69, 9.17) is 27.9 Å². The second-order valence-electron chi connectivity index (χ2n) is 4.65. The van der Waals surface area contributed by atoms with Crippen molar-refractivity contribution in [2.24, 2.45) is 0 Å². The maximum atomic E-state index is 10.9. The van der Waals surface area contributed by atoms with Crippen LogP contribution in [0, 0.1) is 0 Å². The molecule has 104 valence electrons. The van der Waals surface area contributed by atoms with E-state index in [1.54, 1.807) is 0 Å². The van der Waals surface area contributed by atoms with E-state index in [0.717, 1.165) is 25.7 Å². The van der Waals surface area contributed by atoms with E-state index in [1.165, 1.54) is 6.42 Å². The third-order valence-corrected chi connectivity index (χ3v) is 4.04. The Hall–Kier alpha value is -0.710. The summed E-state index contributed by atoms with van der Waals surface area (Å²) in [6, 6.07) is 0. The van der Waals surface area contributed by atoms with Crippen LogP contribution in [0.2, 0.25) is 10.3 Å². The highest BCUT2D eigenvalue weighted by molar-refractivity contribution is 6.36. The summed E-state index contributed by atoms with van der Waals surface area (Å²) in [6.07, 6.45) is 5.59. The Labute approximate surface area is 122 Å². The number of aromatic nitrogens is 2. The molecule has 1 aliphatic rings. The molecule has 1 fully saturated rings. The summed E-state index contributed by atoms with van der Waals surface area (Å²) in [5.74, 6) is 0.495. The molecule has 0 spiro atoms. The molecule has 0 N–H and O–H groups in total. The number of halogens is 2.